The van der Waals surface area contributed by atoms with Crippen LogP contribution in [-0.2, 0) is 25.9 Å². The number of fused-ring (bicyclic) bond motifs is 1. The molecule has 0 spiro atoms. The lowest BCUT2D eigenvalue weighted by Gasteiger charge is -2.32. The van der Waals surface area contributed by atoms with Gasteiger partial charge in [-0.1, -0.05) is 18.2 Å². The molecule has 1 aromatic carbocycles. The van der Waals surface area contributed by atoms with Crippen LogP contribution < -0.4 is 5.46 Å². The van der Waals surface area contributed by atoms with Crippen molar-refractivity contribution in [3.05, 3.63) is 29.3 Å². The molecule has 0 amide bonds. The SMILES string of the molecule is CC1(C)C(=O)Cc2cc(B3OC(C)(C)C(C)(C)O3)ccc21. The third-order valence-electron chi connectivity index (χ3n) is 5.38. The molecular weight excluding hydrogens is 263 g/mol. The molecule has 0 bridgehead atoms. The van der Waals surface area contributed by atoms with E-state index in [1.165, 1.54) is 0 Å². The summed E-state index contributed by atoms with van der Waals surface area (Å²) < 4.78 is 12.2. The maximum absolute atomic E-state index is 12.1. The monoisotopic (exact) mass is 286 g/mol. The molecule has 0 radical (unpaired) electrons. The molecule has 0 N–H and O–H groups in total. The Kier molecular flexibility index (Phi) is 2.96. The maximum Gasteiger partial charge on any atom is 0.494 e. The largest absolute Gasteiger partial charge is 0.494 e. The van der Waals surface area contributed by atoms with Crippen LogP contribution in [-0.4, -0.2) is 24.1 Å². The molecule has 1 aliphatic heterocycles. The van der Waals surface area contributed by atoms with Gasteiger partial charge in [0.1, 0.15) is 5.78 Å². The van der Waals surface area contributed by atoms with Crippen molar-refractivity contribution in [2.45, 2.75) is 64.6 Å². The molecule has 3 rings (SSSR count). The molecule has 112 valence electrons. The van der Waals surface area contributed by atoms with Crippen molar-refractivity contribution in [3.63, 3.8) is 0 Å². The molecule has 0 atom stereocenters. The van der Waals surface area contributed by atoms with Crippen molar-refractivity contribution >= 4 is 18.4 Å². The predicted molar refractivity (Wildman–Crippen MR) is 83.9 cm³/mol. The first kappa shape index (κ1) is 14.8. The molecule has 1 fully saturated rings. The molecular formula is C17H23BO3. The van der Waals surface area contributed by atoms with E-state index in [4.69, 9.17) is 9.31 Å². The first-order valence-corrected chi connectivity index (χ1v) is 7.57. The van der Waals surface area contributed by atoms with E-state index < -0.39 is 0 Å². The van der Waals surface area contributed by atoms with Gasteiger partial charge in [0.25, 0.3) is 0 Å². The smallest absolute Gasteiger partial charge is 0.399 e. The van der Waals surface area contributed by atoms with Crippen molar-refractivity contribution in [2.24, 2.45) is 0 Å². The summed E-state index contributed by atoms with van der Waals surface area (Å²) in [5.74, 6) is 0.281. The normalized spacial score (nSPS) is 25.2. The summed E-state index contributed by atoms with van der Waals surface area (Å²) in [6.45, 7) is 12.2. The molecule has 21 heavy (non-hydrogen) atoms. The molecule has 1 aromatic rings. The highest BCUT2D eigenvalue weighted by Crippen LogP contribution is 2.38. The highest BCUT2D eigenvalue weighted by Gasteiger charge is 2.52. The second kappa shape index (κ2) is 4.20. The van der Waals surface area contributed by atoms with Gasteiger partial charge in [-0.25, -0.2) is 0 Å². The van der Waals surface area contributed by atoms with Gasteiger partial charge in [-0.2, -0.15) is 0 Å². The van der Waals surface area contributed by atoms with Crippen molar-refractivity contribution in [3.8, 4) is 0 Å². The Morgan fingerprint density at radius 3 is 2.14 bits per heavy atom. The summed E-state index contributed by atoms with van der Waals surface area (Å²) in [4.78, 5) is 12.1. The van der Waals surface area contributed by atoms with Gasteiger partial charge in [0.15, 0.2) is 0 Å². The van der Waals surface area contributed by atoms with Crippen LogP contribution in [0.15, 0.2) is 18.2 Å². The topological polar surface area (TPSA) is 35.5 Å². The van der Waals surface area contributed by atoms with Crippen molar-refractivity contribution in [1.29, 1.82) is 0 Å². The van der Waals surface area contributed by atoms with Crippen LogP contribution in [0.5, 0.6) is 0 Å². The Hall–Kier alpha value is -1.13. The van der Waals surface area contributed by atoms with Gasteiger partial charge in [-0.15, -0.1) is 0 Å². The zero-order valence-electron chi connectivity index (χ0n) is 13.7. The zero-order chi connectivity index (χ0) is 15.6. The van der Waals surface area contributed by atoms with Crippen molar-refractivity contribution in [2.75, 3.05) is 0 Å². The number of hydrogen-bond acceptors (Lipinski definition) is 3. The summed E-state index contributed by atoms with van der Waals surface area (Å²) >= 11 is 0. The average molecular weight is 286 g/mol. The zero-order valence-corrected chi connectivity index (χ0v) is 13.7. The lowest BCUT2D eigenvalue weighted by atomic mass is 9.76. The molecule has 0 unspecified atom stereocenters. The average Bonchev–Trinajstić information content (AvgIpc) is 2.70. The second-order valence-electron chi connectivity index (χ2n) is 7.73. The predicted octanol–water partition coefficient (Wildman–Crippen LogP) is 2.39. The standard InChI is InChI=1S/C17H23BO3/c1-15(2)13-8-7-12(9-11(13)10-14(15)19)18-20-16(3,4)17(5,6)21-18/h7-9H,10H2,1-6H3. The number of Topliss-reactive ketones (excluding diaryl/α,β-unsaturated/α-hetero) is 1. The third-order valence-corrected chi connectivity index (χ3v) is 5.38. The van der Waals surface area contributed by atoms with E-state index in [2.05, 4.69) is 12.1 Å². The van der Waals surface area contributed by atoms with Crippen LogP contribution in [0.4, 0.5) is 0 Å². The van der Waals surface area contributed by atoms with Gasteiger partial charge >= 0.3 is 7.12 Å². The molecule has 3 nitrogen and oxygen atoms in total. The fourth-order valence-electron chi connectivity index (χ4n) is 3.04. The minimum atomic E-state index is -0.371. The Labute approximate surface area is 127 Å². The van der Waals surface area contributed by atoms with Gasteiger partial charge < -0.3 is 9.31 Å². The maximum atomic E-state index is 12.1. The van der Waals surface area contributed by atoms with E-state index in [0.29, 0.717) is 6.42 Å². The lowest BCUT2D eigenvalue weighted by Crippen LogP contribution is -2.41. The summed E-state index contributed by atoms with van der Waals surface area (Å²) in [6.07, 6.45) is 0.510. The Bertz CT molecular complexity index is 600. The van der Waals surface area contributed by atoms with E-state index in [1.54, 1.807) is 0 Å². The van der Waals surface area contributed by atoms with Crippen LogP contribution in [0.3, 0.4) is 0 Å². The summed E-state index contributed by atoms with van der Waals surface area (Å²) in [5, 5.41) is 0. The molecule has 1 saturated heterocycles. The first-order chi connectivity index (χ1) is 9.54. The van der Waals surface area contributed by atoms with Gasteiger partial charge in [-0.05, 0) is 58.1 Å². The number of ketones is 1. The highest BCUT2D eigenvalue weighted by molar-refractivity contribution is 6.62. The van der Waals surface area contributed by atoms with Crippen LogP contribution in [0.25, 0.3) is 0 Å². The van der Waals surface area contributed by atoms with Crippen LogP contribution in [0.1, 0.15) is 52.7 Å². The van der Waals surface area contributed by atoms with Crippen LogP contribution in [0.2, 0.25) is 0 Å². The minimum Gasteiger partial charge on any atom is -0.399 e. The summed E-state index contributed by atoms with van der Waals surface area (Å²) in [7, 11) is -0.362. The van der Waals surface area contributed by atoms with Gasteiger partial charge in [-0.3, -0.25) is 4.79 Å². The quantitative estimate of drug-likeness (QED) is 0.744. The lowest BCUT2D eigenvalue weighted by molar-refractivity contribution is -0.121. The molecule has 4 heteroatoms. The number of hydrogen-bond donors (Lipinski definition) is 0. The van der Waals surface area contributed by atoms with Gasteiger partial charge in [0, 0.05) is 11.8 Å². The fourth-order valence-corrected chi connectivity index (χ4v) is 3.04. The number of benzene rings is 1. The number of carbonyl (C=O) groups is 1. The van der Waals surface area contributed by atoms with Gasteiger partial charge in [0.05, 0.1) is 11.2 Å². The van der Waals surface area contributed by atoms with E-state index in [9.17, 15) is 4.79 Å². The van der Waals surface area contributed by atoms with E-state index >= 15 is 0 Å². The molecule has 1 aliphatic carbocycles. The number of carbonyl (C=O) groups excluding carboxylic acids is 1. The Morgan fingerprint density at radius 2 is 1.57 bits per heavy atom. The van der Waals surface area contributed by atoms with E-state index in [0.717, 1.165) is 16.6 Å². The second-order valence-corrected chi connectivity index (χ2v) is 7.73. The molecule has 0 saturated carbocycles. The van der Waals surface area contributed by atoms with Gasteiger partial charge in [0.2, 0.25) is 0 Å². The van der Waals surface area contributed by atoms with E-state index in [-0.39, 0.29) is 29.5 Å². The van der Waals surface area contributed by atoms with E-state index in [1.807, 2.05) is 47.6 Å². The van der Waals surface area contributed by atoms with Crippen LogP contribution in [0, 0.1) is 0 Å². The molecule has 1 heterocycles. The Morgan fingerprint density at radius 1 is 1.00 bits per heavy atom. The van der Waals surface area contributed by atoms with Crippen molar-refractivity contribution in [1.82, 2.24) is 0 Å². The first-order valence-electron chi connectivity index (χ1n) is 7.57. The number of rotatable bonds is 1. The van der Waals surface area contributed by atoms with Crippen molar-refractivity contribution < 1.29 is 14.1 Å². The summed E-state index contributed by atoms with van der Waals surface area (Å²) in [5.41, 5.74) is 2.18. The van der Waals surface area contributed by atoms with Crippen LogP contribution >= 0.6 is 0 Å². The fraction of sp³-hybridized carbons (Fsp3) is 0.588. The molecule has 0 aromatic heterocycles. The third kappa shape index (κ3) is 2.08. The highest BCUT2D eigenvalue weighted by atomic mass is 16.7. The summed E-state index contributed by atoms with van der Waals surface area (Å²) in [6, 6.07) is 6.16. The molecule has 2 aliphatic rings. The Balaban J connectivity index is 1.94. The minimum absolute atomic E-state index is 0.281.